The molecule has 19 heavy (non-hydrogen) atoms. The zero-order valence-corrected chi connectivity index (χ0v) is 11.3. The lowest BCUT2D eigenvalue weighted by atomic mass is 9.84. The summed E-state index contributed by atoms with van der Waals surface area (Å²) in [5.74, 6) is 0. The van der Waals surface area contributed by atoms with E-state index in [2.05, 4.69) is 47.4 Å². The summed E-state index contributed by atoms with van der Waals surface area (Å²) in [4.78, 5) is 0. The third-order valence-electron chi connectivity index (χ3n) is 4.49. The molecule has 0 spiro atoms. The molecule has 1 aromatic carbocycles. The lowest BCUT2D eigenvalue weighted by Gasteiger charge is -2.35. The van der Waals surface area contributed by atoms with Gasteiger partial charge in [-0.05, 0) is 25.7 Å². The van der Waals surface area contributed by atoms with Crippen molar-refractivity contribution >= 4 is 0 Å². The van der Waals surface area contributed by atoms with Crippen molar-refractivity contribution in [1.29, 1.82) is 0 Å². The van der Waals surface area contributed by atoms with E-state index in [9.17, 15) is 0 Å². The second-order valence-corrected chi connectivity index (χ2v) is 5.75. The van der Waals surface area contributed by atoms with Crippen molar-refractivity contribution in [1.82, 2.24) is 15.1 Å². The van der Waals surface area contributed by atoms with Crippen LogP contribution in [0.4, 0.5) is 0 Å². The summed E-state index contributed by atoms with van der Waals surface area (Å²) >= 11 is 0. The third-order valence-corrected chi connectivity index (χ3v) is 4.49. The molecule has 2 aromatic rings. The van der Waals surface area contributed by atoms with Crippen LogP contribution in [-0.4, -0.2) is 15.8 Å². The van der Waals surface area contributed by atoms with Crippen molar-refractivity contribution < 1.29 is 0 Å². The Labute approximate surface area is 113 Å². The number of fused-ring (bicyclic) bond motifs is 4. The Balaban J connectivity index is 1.88. The number of nitrogens with one attached hydrogen (secondary N) is 1. The van der Waals surface area contributed by atoms with E-state index in [1.165, 1.54) is 41.8 Å². The number of hydrogen-bond acceptors (Lipinski definition) is 2. The first kappa shape index (κ1) is 11.2. The minimum Gasteiger partial charge on any atom is -0.305 e. The van der Waals surface area contributed by atoms with Crippen LogP contribution in [0.1, 0.15) is 36.6 Å². The van der Waals surface area contributed by atoms with E-state index in [0.717, 1.165) is 6.42 Å². The highest BCUT2D eigenvalue weighted by Crippen LogP contribution is 2.38. The molecule has 3 heterocycles. The fourth-order valence-corrected chi connectivity index (χ4v) is 3.67. The summed E-state index contributed by atoms with van der Waals surface area (Å²) in [7, 11) is 2.07. The van der Waals surface area contributed by atoms with E-state index in [0.29, 0.717) is 12.1 Å². The Kier molecular flexibility index (Phi) is 2.49. The van der Waals surface area contributed by atoms with Crippen molar-refractivity contribution in [3.63, 3.8) is 0 Å². The molecule has 2 aliphatic rings. The van der Waals surface area contributed by atoms with E-state index in [-0.39, 0.29) is 0 Å². The molecule has 4 rings (SSSR count). The standard InChI is InChI=1S/C16H19N3/c1-19-16(11-6-3-2-4-7-11)13-10-12-8-5-9-14(17-12)15(13)18-19/h2-4,6-7,12,14,17H,5,8-10H2,1H3. The largest absolute Gasteiger partial charge is 0.305 e. The van der Waals surface area contributed by atoms with Gasteiger partial charge in [-0.1, -0.05) is 30.3 Å². The summed E-state index contributed by atoms with van der Waals surface area (Å²) in [6, 6.07) is 11.8. The molecule has 1 saturated heterocycles. The minimum absolute atomic E-state index is 0.478. The smallest absolute Gasteiger partial charge is 0.0833 e. The fraction of sp³-hybridized carbons (Fsp3) is 0.438. The van der Waals surface area contributed by atoms with Crippen molar-refractivity contribution in [2.24, 2.45) is 7.05 Å². The monoisotopic (exact) mass is 253 g/mol. The van der Waals surface area contributed by atoms with Gasteiger partial charge in [0.2, 0.25) is 0 Å². The van der Waals surface area contributed by atoms with Crippen molar-refractivity contribution in [3.8, 4) is 11.3 Å². The van der Waals surface area contributed by atoms with E-state index in [1.807, 2.05) is 0 Å². The Hall–Kier alpha value is -1.61. The lowest BCUT2D eigenvalue weighted by molar-refractivity contribution is 0.297. The van der Waals surface area contributed by atoms with E-state index in [1.54, 1.807) is 0 Å². The molecule has 2 unspecified atom stereocenters. The molecule has 1 aromatic heterocycles. The van der Waals surface area contributed by atoms with Crippen LogP contribution in [0.15, 0.2) is 30.3 Å². The van der Waals surface area contributed by atoms with Crippen molar-refractivity contribution in [3.05, 3.63) is 41.6 Å². The van der Waals surface area contributed by atoms with Crippen LogP contribution < -0.4 is 5.32 Å². The third kappa shape index (κ3) is 1.72. The van der Waals surface area contributed by atoms with Gasteiger partial charge < -0.3 is 5.32 Å². The molecule has 0 saturated carbocycles. The molecule has 2 aliphatic heterocycles. The zero-order valence-electron chi connectivity index (χ0n) is 11.3. The predicted octanol–water partition coefficient (Wildman–Crippen LogP) is 2.83. The first-order valence-electron chi connectivity index (χ1n) is 7.20. The average molecular weight is 253 g/mol. The van der Waals surface area contributed by atoms with Crippen LogP contribution in [0.25, 0.3) is 11.3 Å². The lowest BCUT2D eigenvalue weighted by Crippen LogP contribution is -2.42. The number of piperidine rings is 1. The van der Waals surface area contributed by atoms with Gasteiger partial charge >= 0.3 is 0 Å². The topological polar surface area (TPSA) is 29.9 Å². The number of nitrogens with zero attached hydrogens (tertiary/aromatic N) is 2. The Morgan fingerprint density at radius 2 is 2.05 bits per heavy atom. The molecular weight excluding hydrogens is 234 g/mol. The SMILES string of the molecule is Cn1nc2c(c1-c1ccccc1)CC1CCCC2N1. The average Bonchev–Trinajstić information content (AvgIpc) is 2.77. The van der Waals surface area contributed by atoms with Gasteiger partial charge in [-0.2, -0.15) is 5.10 Å². The molecule has 2 bridgehead atoms. The first-order valence-corrected chi connectivity index (χ1v) is 7.20. The predicted molar refractivity (Wildman–Crippen MR) is 75.9 cm³/mol. The highest BCUT2D eigenvalue weighted by Gasteiger charge is 2.34. The van der Waals surface area contributed by atoms with Gasteiger partial charge in [0.15, 0.2) is 0 Å². The van der Waals surface area contributed by atoms with Crippen LogP contribution in [0.5, 0.6) is 0 Å². The van der Waals surface area contributed by atoms with Crippen LogP contribution >= 0.6 is 0 Å². The molecule has 1 N–H and O–H groups in total. The number of aromatic nitrogens is 2. The maximum Gasteiger partial charge on any atom is 0.0833 e. The van der Waals surface area contributed by atoms with Crippen LogP contribution in [0.2, 0.25) is 0 Å². The second-order valence-electron chi connectivity index (χ2n) is 5.75. The molecule has 98 valence electrons. The number of rotatable bonds is 1. The molecule has 3 nitrogen and oxygen atoms in total. The quantitative estimate of drug-likeness (QED) is 0.847. The molecule has 0 amide bonds. The summed E-state index contributed by atoms with van der Waals surface area (Å²) in [5, 5.41) is 8.53. The number of benzene rings is 1. The molecule has 1 fully saturated rings. The summed E-state index contributed by atoms with van der Waals surface area (Å²) in [5.41, 5.74) is 5.37. The van der Waals surface area contributed by atoms with Crippen molar-refractivity contribution in [2.45, 2.75) is 37.8 Å². The Bertz CT molecular complexity index is 600. The Morgan fingerprint density at radius 1 is 1.21 bits per heavy atom. The maximum atomic E-state index is 4.80. The normalized spacial score (nSPS) is 25.1. The van der Waals surface area contributed by atoms with E-state index < -0.39 is 0 Å². The van der Waals surface area contributed by atoms with Crippen LogP contribution in [0, 0.1) is 0 Å². The molecular formula is C16H19N3. The summed E-state index contributed by atoms with van der Waals surface area (Å²) in [6.45, 7) is 0. The zero-order chi connectivity index (χ0) is 12.8. The van der Waals surface area contributed by atoms with Gasteiger partial charge in [0.25, 0.3) is 0 Å². The molecule has 0 aliphatic carbocycles. The molecule has 3 heteroatoms. The fourth-order valence-electron chi connectivity index (χ4n) is 3.67. The first-order chi connectivity index (χ1) is 9.33. The van der Waals surface area contributed by atoms with Gasteiger partial charge in [0.1, 0.15) is 0 Å². The molecule has 0 radical (unpaired) electrons. The van der Waals surface area contributed by atoms with Gasteiger partial charge in [0.05, 0.1) is 17.4 Å². The highest BCUT2D eigenvalue weighted by atomic mass is 15.3. The summed E-state index contributed by atoms with van der Waals surface area (Å²) < 4.78 is 2.07. The van der Waals surface area contributed by atoms with Gasteiger partial charge in [-0.25, -0.2) is 0 Å². The minimum atomic E-state index is 0.478. The van der Waals surface area contributed by atoms with Crippen LogP contribution in [-0.2, 0) is 13.5 Å². The maximum absolute atomic E-state index is 4.80. The van der Waals surface area contributed by atoms with Crippen LogP contribution in [0.3, 0.4) is 0 Å². The Morgan fingerprint density at radius 3 is 2.89 bits per heavy atom. The van der Waals surface area contributed by atoms with Crippen molar-refractivity contribution in [2.75, 3.05) is 0 Å². The van der Waals surface area contributed by atoms with Gasteiger partial charge in [-0.15, -0.1) is 0 Å². The second kappa shape index (κ2) is 4.20. The van der Waals surface area contributed by atoms with Gasteiger partial charge in [-0.3, -0.25) is 4.68 Å². The van der Waals surface area contributed by atoms with Gasteiger partial charge in [0, 0.05) is 24.2 Å². The van der Waals surface area contributed by atoms with E-state index >= 15 is 0 Å². The molecule has 2 atom stereocenters. The number of aryl methyl sites for hydroxylation is 1. The van der Waals surface area contributed by atoms with E-state index in [4.69, 9.17) is 5.10 Å². The summed E-state index contributed by atoms with van der Waals surface area (Å²) in [6.07, 6.45) is 5.00. The highest BCUT2D eigenvalue weighted by molar-refractivity contribution is 5.65. The number of hydrogen-bond donors (Lipinski definition) is 1.